The SMILES string of the molecule is Fc1cc(N2CCOCC2)cc2sc3cc(=[N+]4CCCC4)ccc-3nc12.[Cl-]. The quantitative estimate of drug-likeness (QED) is 0.420. The van der Waals surface area contributed by atoms with Gasteiger partial charge in [0.1, 0.15) is 18.6 Å². The first-order valence-electron chi connectivity index (χ1n) is 9.23. The number of ether oxygens (including phenoxy) is 1. The van der Waals surface area contributed by atoms with Gasteiger partial charge in [-0.15, -0.1) is 11.3 Å². The van der Waals surface area contributed by atoms with E-state index in [1.54, 1.807) is 17.4 Å². The van der Waals surface area contributed by atoms with Crippen LogP contribution in [0.2, 0.25) is 0 Å². The number of fused-ring (bicyclic) bond motifs is 2. The zero-order chi connectivity index (χ0) is 17.5. The molecule has 0 aromatic heterocycles. The standard InChI is InChI=1S/C20H21FN3OS.ClH/c21-16-11-15(24-7-9-25-10-8-24)13-19-20(16)22-17-4-3-14(12-18(17)26-19)23-5-1-2-6-23;/h3-4,11-13H,1-2,5-10H2;1H/q+1;/p-1. The lowest BCUT2D eigenvalue weighted by Crippen LogP contribution is -3.00. The van der Waals surface area contributed by atoms with Crippen LogP contribution in [0.1, 0.15) is 12.8 Å². The van der Waals surface area contributed by atoms with Gasteiger partial charge >= 0.3 is 0 Å². The van der Waals surface area contributed by atoms with Crippen molar-refractivity contribution in [3.8, 4) is 10.6 Å². The highest BCUT2D eigenvalue weighted by molar-refractivity contribution is 7.21. The van der Waals surface area contributed by atoms with E-state index in [2.05, 4.69) is 32.7 Å². The first-order valence-corrected chi connectivity index (χ1v) is 10.0. The maximum absolute atomic E-state index is 14.7. The molecule has 3 heterocycles. The predicted molar refractivity (Wildman–Crippen MR) is 103 cm³/mol. The van der Waals surface area contributed by atoms with E-state index in [1.165, 1.54) is 18.2 Å². The van der Waals surface area contributed by atoms with Crippen molar-refractivity contribution < 1.29 is 21.5 Å². The Morgan fingerprint density at radius 1 is 1.07 bits per heavy atom. The average Bonchev–Trinajstić information content (AvgIpc) is 3.22. The number of halogens is 2. The second-order valence-electron chi connectivity index (χ2n) is 6.93. The molecular formula is C20H21ClFN3OS. The van der Waals surface area contributed by atoms with Crippen molar-refractivity contribution in [2.75, 3.05) is 44.3 Å². The van der Waals surface area contributed by atoms with Crippen LogP contribution in [0, 0.1) is 5.82 Å². The molecule has 0 N–H and O–H groups in total. The largest absolute Gasteiger partial charge is 1.00 e. The molecule has 27 heavy (non-hydrogen) atoms. The lowest BCUT2D eigenvalue weighted by atomic mass is 10.2. The molecule has 2 fully saturated rings. The molecule has 5 rings (SSSR count). The Morgan fingerprint density at radius 3 is 2.63 bits per heavy atom. The van der Waals surface area contributed by atoms with Gasteiger partial charge in [-0.2, -0.15) is 0 Å². The molecule has 0 atom stereocenters. The van der Waals surface area contributed by atoms with E-state index in [-0.39, 0.29) is 18.2 Å². The summed E-state index contributed by atoms with van der Waals surface area (Å²) in [5.41, 5.74) is 2.25. The highest BCUT2D eigenvalue weighted by Gasteiger charge is 2.18. The van der Waals surface area contributed by atoms with E-state index in [1.807, 2.05) is 6.07 Å². The lowest BCUT2D eigenvalue weighted by molar-refractivity contribution is -0.00000642. The molecule has 4 nitrogen and oxygen atoms in total. The number of benzene rings is 2. The minimum absolute atomic E-state index is 0. The third kappa shape index (κ3) is 3.53. The van der Waals surface area contributed by atoms with Gasteiger partial charge in [-0.1, -0.05) is 0 Å². The maximum atomic E-state index is 14.7. The Kier molecular flexibility index (Phi) is 5.30. The summed E-state index contributed by atoms with van der Waals surface area (Å²) in [5.74, 6) is -0.245. The van der Waals surface area contributed by atoms with E-state index in [9.17, 15) is 4.39 Å². The zero-order valence-electron chi connectivity index (χ0n) is 15.0. The number of morpholine rings is 1. The monoisotopic (exact) mass is 405 g/mol. The van der Waals surface area contributed by atoms with E-state index in [4.69, 9.17) is 4.74 Å². The summed E-state index contributed by atoms with van der Waals surface area (Å²) < 4.78 is 23.5. The first kappa shape index (κ1) is 18.6. The Balaban J connectivity index is 0.00000180. The minimum Gasteiger partial charge on any atom is -1.00 e. The molecule has 2 saturated heterocycles. The van der Waals surface area contributed by atoms with Crippen LogP contribution in [-0.4, -0.2) is 44.4 Å². The molecule has 4 aliphatic rings. The van der Waals surface area contributed by atoms with Gasteiger partial charge in [0.25, 0.3) is 0 Å². The van der Waals surface area contributed by atoms with E-state index < -0.39 is 0 Å². The number of anilines is 1. The molecule has 3 aliphatic heterocycles. The Morgan fingerprint density at radius 2 is 1.85 bits per heavy atom. The Bertz CT molecular complexity index is 1010. The molecule has 142 valence electrons. The molecule has 1 aliphatic carbocycles. The Labute approximate surface area is 167 Å². The molecule has 0 spiro atoms. The summed E-state index contributed by atoms with van der Waals surface area (Å²) in [5, 5.41) is 1.25. The van der Waals surface area contributed by atoms with Gasteiger partial charge in [0, 0.05) is 43.8 Å². The van der Waals surface area contributed by atoms with Crippen molar-refractivity contribution in [1.82, 2.24) is 9.56 Å². The van der Waals surface area contributed by atoms with Crippen molar-refractivity contribution in [2.24, 2.45) is 0 Å². The number of hydrogen-bond acceptors (Lipinski definition) is 4. The second-order valence-corrected chi connectivity index (χ2v) is 8.02. The number of aromatic nitrogens is 1. The fraction of sp³-hybridized carbons (Fsp3) is 0.400. The van der Waals surface area contributed by atoms with Crippen LogP contribution in [-0.2, 0) is 4.74 Å². The van der Waals surface area contributed by atoms with Crippen LogP contribution < -0.4 is 27.2 Å². The average molecular weight is 406 g/mol. The molecule has 0 bridgehead atoms. The van der Waals surface area contributed by atoms with Gasteiger partial charge in [-0.05, 0) is 18.2 Å². The third-order valence-electron chi connectivity index (χ3n) is 5.26. The van der Waals surface area contributed by atoms with Gasteiger partial charge in [0.2, 0.25) is 5.36 Å². The fourth-order valence-corrected chi connectivity index (χ4v) is 4.89. The minimum atomic E-state index is -0.245. The van der Waals surface area contributed by atoms with Crippen LogP contribution in [0.3, 0.4) is 0 Å². The highest BCUT2D eigenvalue weighted by Crippen LogP contribution is 2.33. The molecule has 7 heteroatoms. The van der Waals surface area contributed by atoms with Gasteiger partial charge in [0.05, 0.1) is 28.5 Å². The number of rotatable bonds is 1. The van der Waals surface area contributed by atoms with E-state index in [0.717, 1.165) is 47.1 Å². The van der Waals surface area contributed by atoms with Gasteiger partial charge < -0.3 is 22.0 Å². The fourth-order valence-electron chi connectivity index (χ4n) is 3.84. The van der Waals surface area contributed by atoms with Crippen LogP contribution in [0.4, 0.5) is 10.1 Å². The van der Waals surface area contributed by atoms with Crippen molar-refractivity contribution in [2.45, 2.75) is 12.8 Å². The third-order valence-corrected chi connectivity index (χ3v) is 6.33. The number of nitrogens with zero attached hydrogens (tertiary/aromatic N) is 3. The zero-order valence-corrected chi connectivity index (χ0v) is 16.5. The lowest BCUT2D eigenvalue weighted by Gasteiger charge is -2.29. The van der Waals surface area contributed by atoms with Gasteiger partial charge in [0.15, 0.2) is 5.82 Å². The summed E-state index contributed by atoms with van der Waals surface area (Å²) in [6.07, 6.45) is 2.51. The van der Waals surface area contributed by atoms with Gasteiger partial charge in [-0.25, -0.2) is 13.9 Å². The molecule has 1 aromatic rings. The molecular weight excluding hydrogens is 385 g/mol. The van der Waals surface area contributed by atoms with Crippen molar-refractivity contribution in [1.29, 1.82) is 0 Å². The van der Waals surface area contributed by atoms with Crippen LogP contribution in [0.25, 0.3) is 20.8 Å². The summed E-state index contributed by atoms with van der Waals surface area (Å²) >= 11 is 1.63. The number of hydrogen-bond donors (Lipinski definition) is 0. The maximum Gasteiger partial charge on any atom is 0.201 e. The van der Waals surface area contributed by atoms with Crippen molar-refractivity contribution >= 4 is 27.2 Å². The normalized spacial score (nSPS) is 17.5. The van der Waals surface area contributed by atoms with Crippen molar-refractivity contribution in [3.05, 3.63) is 41.5 Å². The van der Waals surface area contributed by atoms with Crippen LogP contribution in [0.15, 0.2) is 30.3 Å². The first-order chi connectivity index (χ1) is 12.8. The summed E-state index contributed by atoms with van der Waals surface area (Å²) in [6, 6.07) is 10.0. The molecule has 0 saturated carbocycles. The Hall–Kier alpha value is -1.76. The summed E-state index contributed by atoms with van der Waals surface area (Å²) in [6.45, 7) is 5.22. The molecule has 0 amide bonds. The predicted octanol–water partition coefficient (Wildman–Crippen LogP) is -0.0532. The summed E-state index contributed by atoms with van der Waals surface area (Å²) in [7, 11) is 0. The second kappa shape index (κ2) is 7.70. The van der Waals surface area contributed by atoms with Crippen LogP contribution in [0.5, 0.6) is 0 Å². The van der Waals surface area contributed by atoms with E-state index in [0.29, 0.717) is 18.7 Å². The smallest absolute Gasteiger partial charge is 0.201 e. The molecule has 0 radical (unpaired) electrons. The topological polar surface area (TPSA) is 28.4 Å². The molecule has 1 aromatic carbocycles. The van der Waals surface area contributed by atoms with Crippen LogP contribution >= 0.6 is 11.3 Å². The van der Waals surface area contributed by atoms with E-state index >= 15 is 0 Å². The van der Waals surface area contributed by atoms with Gasteiger partial charge in [-0.3, -0.25) is 0 Å². The molecule has 0 unspecified atom stereocenters. The van der Waals surface area contributed by atoms with Crippen molar-refractivity contribution in [3.63, 3.8) is 0 Å². The highest BCUT2D eigenvalue weighted by atomic mass is 35.5. The summed E-state index contributed by atoms with van der Waals surface area (Å²) in [4.78, 5) is 7.90.